The Labute approximate surface area is 129 Å². The molecule has 1 rings (SSSR count). The molecule has 6 nitrogen and oxygen atoms in total. The van der Waals surface area contributed by atoms with Crippen LogP contribution in [0.5, 0.6) is 5.88 Å². The van der Waals surface area contributed by atoms with E-state index in [-0.39, 0.29) is 67.8 Å². The van der Waals surface area contributed by atoms with Crippen molar-refractivity contribution >= 4 is 10.1 Å². The van der Waals surface area contributed by atoms with Gasteiger partial charge < -0.3 is 7.59 Å². The van der Waals surface area contributed by atoms with Crippen LogP contribution >= 0.6 is 0 Å². The Morgan fingerprint density at radius 2 is 2.07 bits per heavy atom. The van der Waals surface area contributed by atoms with Gasteiger partial charge in [-0.2, -0.15) is 13.4 Å². The van der Waals surface area contributed by atoms with Gasteiger partial charge in [0.25, 0.3) is 5.16 Å². The van der Waals surface area contributed by atoms with Gasteiger partial charge in [-0.15, -0.1) is 0 Å². The van der Waals surface area contributed by atoms with Crippen molar-refractivity contribution in [1.82, 2.24) is 9.97 Å². The second-order valence-corrected chi connectivity index (χ2v) is 3.17. The van der Waals surface area contributed by atoms with Gasteiger partial charge in [0.1, 0.15) is 0 Å². The molecule has 1 heterocycles. The summed E-state index contributed by atoms with van der Waals surface area (Å²) in [6.45, 7) is 0. The van der Waals surface area contributed by atoms with Crippen molar-refractivity contribution in [2.75, 3.05) is 7.11 Å². The van der Waals surface area contributed by atoms with Crippen LogP contribution in [0.25, 0.3) is 0 Å². The fourth-order valence-electron chi connectivity index (χ4n) is 0.563. The van der Waals surface area contributed by atoms with E-state index in [4.69, 9.17) is 4.55 Å². The Balaban J connectivity index is -0.000000180. The van der Waals surface area contributed by atoms with Crippen molar-refractivity contribution in [3.8, 4) is 5.88 Å². The largest absolute Gasteiger partial charge is 1.00 e. The Kier molecular flexibility index (Phi) is 8.75. The van der Waals surface area contributed by atoms with Crippen molar-refractivity contribution in [1.29, 1.82) is 0 Å². The zero-order valence-corrected chi connectivity index (χ0v) is 12.9. The predicted octanol–water partition coefficient (Wildman–Crippen LogP) is -6.04. The number of methoxy groups -OCH3 is 1. The van der Waals surface area contributed by atoms with Crippen molar-refractivity contribution < 1.29 is 79.7 Å². The van der Waals surface area contributed by atoms with E-state index in [2.05, 4.69) is 14.7 Å². The standard InChI is InChI=1S/C5H6N2O4S.2Na.2H/c1-11-4-2-3-6-5(7-4)12(8,9)10;;;;/h2-3H,1H3,(H,8,9,10);;;;/q;2*+1;2*-1. The minimum Gasteiger partial charge on any atom is -1.00 e. The minimum absolute atomic E-state index is 0. The number of rotatable bonds is 2. The molecule has 0 radical (unpaired) electrons. The molecule has 0 aromatic carbocycles. The summed E-state index contributed by atoms with van der Waals surface area (Å²) in [4.78, 5) is 6.72. The first-order valence-electron chi connectivity index (χ1n) is 2.88. The van der Waals surface area contributed by atoms with Gasteiger partial charge in [0.15, 0.2) is 0 Å². The molecule has 0 saturated carbocycles. The number of aromatic nitrogens is 2. The molecule has 70 valence electrons. The van der Waals surface area contributed by atoms with Crippen molar-refractivity contribution in [3.05, 3.63) is 12.3 Å². The molecule has 1 N–H and O–H groups in total. The third-order valence-corrected chi connectivity index (χ3v) is 1.71. The Morgan fingerprint density at radius 3 is 2.50 bits per heavy atom. The summed E-state index contributed by atoms with van der Waals surface area (Å²) < 4.78 is 34.1. The molecule has 0 amide bonds. The normalized spacial score (nSPS) is 9.57. The molecule has 0 spiro atoms. The minimum atomic E-state index is -4.34. The second-order valence-electron chi connectivity index (χ2n) is 1.86. The summed E-state index contributed by atoms with van der Waals surface area (Å²) in [7, 11) is -3.01. The van der Waals surface area contributed by atoms with Gasteiger partial charge in [-0.3, -0.25) is 4.55 Å². The molecular weight excluding hydrogens is 230 g/mol. The van der Waals surface area contributed by atoms with Crippen LogP contribution in [-0.4, -0.2) is 30.0 Å². The van der Waals surface area contributed by atoms with Crippen LogP contribution in [0.1, 0.15) is 2.85 Å². The van der Waals surface area contributed by atoms with E-state index in [9.17, 15) is 8.42 Å². The van der Waals surface area contributed by atoms with Crippen LogP contribution in [0.3, 0.4) is 0 Å². The second kappa shape index (κ2) is 7.13. The van der Waals surface area contributed by atoms with E-state index in [0.717, 1.165) is 0 Å². The molecule has 1 aromatic rings. The molecule has 0 saturated heterocycles. The molecule has 1 aromatic heterocycles. The average Bonchev–Trinajstić information content (AvgIpc) is 2.03. The quantitative estimate of drug-likeness (QED) is 0.313. The summed E-state index contributed by atoms with van der Waals surface area (Å²) in [6.07, 6.45) is 1.18. The van der Waals surface area contributed by atoms with Gasteiger partial charge >= 0.3 is 69.2 Å². The van der Waals surface area contributed by atoms with Crippen LogP contribution in [0.15, 0.2) is 17.4 Å². The van der Waals surface area contributed by atoms with E-state index in [1.165, 1.54) is 19.4 Å². The first-order valence-corrected chi connectivity index (χ1v) is 4.32. The fourth-order valence-corrected chi connectivity index (χ4v) is 0.963. The third kappa shape index (κ3) is 5.04. The zero-order chi connectivity index (χ0) is 9.19. The number of hydrogen-bond donors (Lipinski definition) is 1. The number of ether oxygens (including phenoxy) is 1. The topological polar surface area (TPSA) is 89.4 Å². The van der Waals surface area contributed by atoms with Crippen molar-refractivity contribution in [2.24, 2.45) is 0 Å². The van der Waals surface area contributed by atoms with Crippen LogP contribution in [0.2, 0.25) is 0 Å². The van der Waals surface area contributed by atoms with Crippen LogP contribution < -0.4 is 63.9 Å². The summed E-state index contributed by atoms with van der Waals surface area (Å²) >= 11 is 0. The molecule has 0 aliphatic heterocycles. The summed E-state index contributed by atoms with van der Waals surface area (Å²) in [5, 5.41) is -0.665. The van der Waals surface area contributed by atoms with E-state index in [1.807, 2.05) is 0 Å². The first-order chi connectivity index (χ1) is 5.54. The summed E-state index contributed by atoms with van der Waals surface area (Å²) in [5.74, 6) is 0.0811. The number of hydrogen-bond acceptors (Lipinski definition) is 5. The first kappa shape index (κ1) is 17.2. The van der Waals surface area contributed by atoms with Gasteiger partial charge in [-0.05, 0) is 0 Å². The molecule has 9 heteroatoms. The molecule has 0 aliphatic carbocycles. The predicted molar refractivity (Wildman–Crippen MR) is 40.6 cm³/mol. The van der Waals surface area contributed by atoms with Crippen LogP contribution in [0, 0.1) is 0 Å². The van der Waals surface area contributed by atoms with E-state index in [0.29, 0.717) is 0 Å². The van der Waals surface area contributed by atoms with Gasteiger partial charge in [-0.25, -0.2) is 4.98 Å². The van der Waals surface area contributed by atoms with E-state index < -0.39 is 15.3 Å². The van der Waals surface area contributed by atoms with E-state index in [1.54, 1.807) is 0 Å². The summed E-state index contributed by atoms with van der Waals surface area (Å²) in [6, 6.07) is 1.37. The SMILES string of the molecule is COc1ccnc(S(=O)(=O)O)n1.[H-].[H-].[Na+].[Na+]. The average molecular weight is 238 g/mol. The molecule has 0 aliphatic rings. The van der Waals surface area contributed by atoms with Gasteiger partial charge in [0.2, 0.25) is 5.88 Å². The molecule has 0 unspecified atom stereocenters. The molecule has 14 heavy (non-hydrogen) atoms. The smallest absolute Gasteiger partial charge is 1.00 e. The van der Waals surface area contributed by atoms with Crippen molar-refractivity contribution in [3.63, 3.8) is 0 Å². The molecule has 0 fully saturated rings. The van der Waals surface area contributed by atoms with Gasteiger partial charge in [0, 0.05) is 12.3 Å². The monoisotopic (exact) mass is 238 g/mol. The fraction of sp³-hybridized carbons (Fsp3) is 0.200. The van der Waals surface area contributed by atoms with Crippen LogP contribution in [0.4, 0.5) is 0 Å². The molecule has 0 atom stereocenters. The van der Waals surface area contributed by atoms with Gasteiger partial charge in [-0.1, -0.05) is 0 Å². The maximum Gasteiger partial charge on any atom is 1.00 e. The van der Waals surface area contributed by atoms with Gasteiger partial charge in [0.05, 0.1) is 7.11 Å². The van der Waals surface area contributed by atoms with Crippen molar-refractivity contribution in [2.45, 2.75) is 5.16 Å². The van der Waals surface area contributed by atoms with E-state index >= 15 is 0 Å². The Hall–Kier alpha value is 0.790. The third-order valence-electron chi connectivity index (χ3n) is 1.05. The maximum atomic E-state index is 10.5. The molecular formula is C5H8N2Na2O4S. The van der Waals surface area contributed by atoms with Crippen LogP contribution in [-0.2, 0) is 10.1 Å². The Morgan fingerprint density at radius 1 is 1.50 bits per heavy atom. The maximum absolute atomic E-state index is 10.5. The summed E-state index contributed by atoms with van der Waals surface area (Å²) in [5.41, 5.74) is 0. The Bertz CT molecular complexity index is 392. The zero-order valence-electron chi connectivity index (χ0n) is 10.1. The molecule has 0 bridgehead atoms. The number of nitrogens with zero attached hydrogens (tertiary/aromatic N) is 2.